The van der Waals surface area contributed by atoms with E-state index in [4.69, 9.17) is 5.11 Å². The summed E-state index contributed by atoms with van der Waals surface area (Å²) in [6.45, 7) is 3.07. The molecule has 1 atom stereocenters. The molecule has 0 heterocycles. The Morgan fingerprint density at radius 1 is 1.45 bits per heavy atom. The highest BCUT2D eigenvalue weighted by Gasteiger charge is 2.27. The standard InChI is InChI=1S/C16H25FN2O/c1-12(18-2)15-11-13(17)7-8-16(15)19(9-4-10-20)14-5-3-6-14/h7-8,11-12,14,18,20H,3-6,9-10H2,1-2H3. The Bertz CT molecular complexity index is 434. The summed E-state index contributed by atoms with van der Waals surface area (Å²) < 4.78 is 13.6. The second-order valence-electron chi connectivity index (χ2n) is 5.57. The van der Waals surface area contributed by atoms with Gasteiger partial charge in [0.1, 0.15) is 5.82 Å². The number of aliphatic hydroxyl groups excluding tert-OH is 1. The number of hydrogen-bond acceptors (Lipinski definition) is 3. The van der Waals surface area contributed by atoms with Crippen LogP contribution in [0.1, 0.15) is 44.2 Å². The smallest absolute Gasteiger partial charge is 0.123 e. The molecule has 1 fully saturated rings. The van der Waals surface area contributed by atoms with Crippen LogP contribution in [0.2, 0.25) is 0 Å². The molecule has 1 aromatic carbocycles. The predicted octanol–water partition coefficient (Wildman–Crippen LogP) is 2.85. The molecular weight excluding hydrogens is 255 g/mol. The third-order valence-electron chi connectivity index (χ3n) is 4.27. The fourth-order valence-corrected chi connectivity index (χ4v) is 2.73. The minimum Gasteiger partial charge on any atom is -0.396 e. The molecule has 1 aliphatic rings. The van der Waals surface area contributed by atoms with Crippen LogP contribution < -0.4 is 10.2 Å². The maximum Gasteiger partial charge on any atom is 0.123 e. The lowest BCUT2D eigenvalue weighted by atomic mass is 9.90. The second-order valence-corrected chi connectivity index (χ2v) is 5.57. The van der Waals surface area contributed by atoms with Crippen LogP contribution in [-0.2, 0) is 0 Å². The highest BCUT2D eigenvalue weighted by molar-refractivity contribution is 5.56. The Balaban J connectivity index is 2.30. The van der Waals surface area contributed by atoms with E-state index in [-0.39, 0.29) is 18.5 Å². The van der Waals surface area contributed by atoms with Crippen molar-refractivity contribution in [2.24, 2.45) is 0 Å². The van der Waals surface area contributed by atoms with E-state index in [1.807, 2.05) is 20.0 Å². The van der Waals surface area contributed by atoms with Gasteiger partial charge in [0.2, 0.25) is 0 Å². The second kappa shape index (κ2) is 7.04. The van der Waals surface area contributed by atoms with Crippen molar-refractivity contribution in [3.05, 3.63) is 29.6 Å². The van der Waals surface area contributed by atoms with Gasteiger partial charge in [-0.1, -0.05) is 0 Å². The molecular formula is C16H25FN2O. The lowest BCUT2D eigenvalue weighted by molar-refractivity contribution is 0.282. The molecule has 3 nitrogen and oxygen atoms in total. The van der Waals surface area contributed by atoms with Crippen molar-refractivity contribution in [2.45, 2.75) is 44.7 Å². The Labute approximate surface area is 120 Å². The Morgan fingerprint density at radius 2 is 2.20 bits per heavy atom. The van der Waals surface area contributed by atoms with Crippen molar-refractivity contribution in [1.82, 2.24) is 5.32 Å². The summed E-state index contributed by atoms with van der Waals surface area (Å²) in [5, 5.41) is 12.3. The Morgan fingerprint density at radius 3 is 2.75 bits per heavy atom. The van der Waals surface area contributed by atoms with Gasteiger partial charge in [-0.05, 0) is 63.4 Å². The zero-order valence-electron chi connectivity index (χ0n) is 12.4. The first kappa shape index (κ1) is 15.3. The summed E-state index contributed by atoms with van der Waals surface area (Å²) in [6.07, 6.45) is 4.39. The molecule has 0 radical (unpaired) electrons. The van der Waals surface area contributed by atoms with Gasteiger partial charge in [-0.2, -0.15) is 0 Å². The minimum atomic E-state index is -0.193. The third-order valence-corrected chi connectivity index (χ3v) is 4.27. The van der Waals surface area contributed by atoms with Gasteiger partial charge in [0.05, 0.1) is 0 Å². The monoisotopic (exact) mass is 280 g/mol. The number of hydrogen-bond donors (Lipinski definition) is 2. The Kier molecular flexibility index (Phi) is 5.38. The van der Waals surface area contributed by atoms with Gasteiger partial charge >= 0.3 is 0 Å². The number of nitrogens with one attached hydrogen (secondary N) is 1. The van der Waals surface area contributed by atoms with Crippen LogP contribution in [0.4, 0.5) is 10.1 Å². The topological polar surface area (TPSA) is 35.5 Å². The van der Waals surface area contributed by atoms with Crippen LogP contribution in [0.5, 0.6) is 0 Å². The SMILES string of the molecule is CNC(C)c1cc(F)ccc1N(CCCO)C1CCC1. The van der Waals surface area contributed by atoms with Crippen LogP contribution >= 0.6 is 0 Å². The normalized spacial score (nSPS) is 16.8. The molecule has 2 N–H and O–H groups in total. The van der Waals surface area contributed by atoms with Gasteiger partial charge in [0.15, 0.2) is 0 Å². The first-order valence-electron chi connectivity index (χ1n) is 7.51. The molecule has 0 bridgehead atoms. The molecule has 112 valence electrons. The average molecular weight is 280 g/mol. The fourth-order valence-electron chi connectivity index (χ4n) is 2.73. The molecule has 1 aliphatic carbocycles. The number of anilines is 1. The van der Waals surface area contributed by atoms with E-state index in [0.29, 0.717) is 6.04 Å². The number of aliphatic hydroxyl groups is 1. The molecule has 1 unspecified atom stereocenters. The highest BCUT2D eigenvalue weighted by Crippen LogP contribution is 2.34. The zero-order chi connectivity index (χ0) is 14.5. The van der Waals surface area contributed by atoms with Crippen molar-refractivity contribution >= 4 is 5.69 Å². The van der Waals surface area contributed by atoms with Crippen LogP contribution in [0.3, 0.4) is 0 Å². The van der Waals surface area contributed by atoms with E-state index in [9.17, 15) is 4.39 Å². The van der Waals surface area contributed by atoms with Gasteiger partial charge in [-0.15, -0.1) is 0 Å². The van der Waals surface area contributed by atoms with E-state index in [0.717, 1.165) is 24.2 Å². The molecule has 0 saturated heterocycles. The fraction of sp³-hybridized carbons (Fsp3) is 0.625. The first-order chi connectivity index (χ1) is 9.67. The van der Waals surface area contributed by atoms with Crippen LogP contribution in [0, 0.1) is 5.82 Å². The van der Waals surface area contributed by atoms with Crippen LogP contribution in [0.15, 0.2) is 18.2 Å². The van der Waals surface area contributed by atoms with E-state index in [1.165, 1.54) is 25.3 Å². The van der Waals surface area contributed by atoms with E-state index < -0.39 is 0 Å². The molecule has 1 saturated carbocycles. The van der Waals surface area contributed by atoms with Gasteiger partial charge in [0, 0.05) is 30.9 Å². The maximum atomic E-state index is 13.6. The number of halogens is 1. The van der Waals surface area contributed by atoms with Crippen molar-refractivity contribution in [2.75, 3.05) is 25.1 Å². The van der Waals surface area contributed by atoms with E-state index in [1.54, 1.807) is 6.07 Å². The summed E-state index contributed by atoms with van der Waals surface area (Å²) >= 11 is 0. The van der Waals surface area contributed by atoms with Crippen molar-refractivity contribution < 1.29 is 9.50 Å². The minimum absolute atomic E-state index is 0.109. The average Bonchev–Trinajstić information content (AvgIpc) is 2.40. The number of nitrogens with zero attached hydrogens (tertiary/aromatic N) is 1. The summed E-state index contributed by atoms with van der Waals surface area (Å²) in [6, 6.07) is 5.69. The summed E-state index contributed by atoms with van der Waals surface area (Å²) in [5.41, 5.74) is 2.10. The van der Waals surface area contributed by atoms with Crippen molar-refractivity contribution in [3.8, 4) is 0 Å². The third kappa shape index (κ3) is 3.30. The van der Waals surface area contributed by atoms with Gasteiger partial charge < -0.3 is 15.3 Å². The van der Waals surface area contributed by atoms with Crippen molar-refractivity contribution in [1.29, 1.82) is 0 Å². The highest BCUT2D eigenvalue weighted by atomic mass is 19.1. The van der Waals surface area contributed by atoms with Crippen molar-refractivity contribution in [3.63, 3.8) is 0 Å². The molecule has 0 aliphatic heterocycles. The summed E-state index contributed by atoms with van der Waals surface area (Å²) in [5.74, 6) is -0.193. The molecule has 0 aromatic heterocycles. The van der Waals surface area contributed by atoms with Crippen LogP contribution in [0.25, 0.3) is 0 Å². The van der Waals surface area contributed by atoms with Gasteiger partial charge in [-0.3, -0.25) is 0 Å². The first-order valence-corrected chi connectivity index (χ1v) is 7.51. The van der Waals surface area contributed by atoms with E-state index >= 15 is 0 Å². The molecule has 20 heavy (non-hydrogen) atoms. The number of rotatable bonds is 7. The quantitative estimate of drug-likeness (QED) is 0.806. The molecule has 0 spiro atoms. The lowest BCUT2D eigenvalue weighted by Gasteiger charge is -2.41. The number of benzene rings is 1. The van der Waals surface area contributed by atoms with Crippen LogP contribution in [-0.4, -0.2) is 31.3 Å². The van der Waals surface area contributed by atoms with Gasteiger partial charge in [0.25, 0.3) is 0 Å². The molecule has 0 amide bonds. The summed E-state index contributed by atoms with van der Waals surface area (Å²) in [7, 11) is 1.89. The predicted molar refractivity (Wildman–Crippen MR) is 80.6 cm³/mol. The molecule has 4 heteroatoms. The lowest BCUT2D eigenvalue weighted by Crippen LogP contribution is -2.42. The van der Waals surface area contributed by atoms with Gasteiger partial charge in [-0.25, -0.2) is 4.39 Å². The Hall–Kier alpha value is -1.13. The van der Waals surface area contributed by atoms with E-state index in [2.05, 4.69) is 10.2 Å². The molecule has 2 rings (SSSR count). The molecule has 1 aromatic rings. The zero-order valence-corrected chi connectivity index (χ0v) is 12.4. The maximum absolute atomic E-state index is 13.6. The largest absolute Gasteiger partial charge is 0.396 e. The summed E-state index contributed by atoms with van der Waals surface area (Å²) in [4.78, 5) is 2.35.